The fourth-order valence-electron chi connectivity index (χ4n) is 2.15. The topological polar surface area (TPSA) is 61.8 Å². The van der Waals surface area contributed by atoms with Crippen molar-refractivity contribution in [1.29, 1.82) is 0 Å². The van der Waals surface area contributed by atoms with Crippen LogP contribution in [-0.4, -0.2) is 48.7 Å². The highest BCUT2D eigenvalue weighted by Crippen LogP contribution is 2.30. The molecule has 1 aliphatic rings. The molecule has 6 heteroatoms. The van der Waals surface area contributed by atoms with E-state index >= 15 is 0 Å². The highest BCUT2D eigenvalue weighted by molar-refractivity contribution is 5.97. The van der Waals surface area contributed by atoms with Crippen molar-refractivity contribution in [3.05, 3.63) is 23.8 Å². The van der Waals surface area contributed by atoms with Gasteiger partial charge in [0.2, 0.25) is 0 Å². The summed E-state index contributed by atoms with van der Waals surface area (Å²) >= 11 is 0. The third-order valence-corrected chi connectivity index (χ3v) is 3.11. The Morgan fingerprint density at radius 1 is 1.53 bits per heavy atom. The summed E-state index contributed by atoms with van der Waals surface area (Å²) in [6.45, 7) is 4.11. The maximum atomic E-state index is 12.3. The van der Waals surface area contributed by atoms with Gasteiger partial charge in [0.25, 0.3) is 5.91 Å². The molecule has 0 spiro atoms. The molecule has 5 nitrogen and oxygen atoms in total. The lowest BCUT2D eigenvalue weighted by molar-refractivity contribution is 0.0705. The van der Waals surface area contributed by atoms with Crippen LogP contribution in [0, 0.1) is 0 Å². The number of hydrogen-bond donors (Lipinski definition) is 2. The zero-order valence-electron chi connectivity index (χ0n) is 11.0. The number of nitrogens with zero attached hydrogens (tertiary/aromatic N) is 1. The number of piperazine rings is 1. The molecule has 1 heterocycles. The molecular formula is C13H19ClN2O3. The van der Waals surface area contributed by atoms with Gasteiger partial charge in [-0.2, -0.15) is 0 Å². The van der Waals surface area contributed by atoms with Crippen LogP contribution in [-0.2, 0) is 0 Å². The number of para-hydroxylation sites is 1. The molecule has 0 unspecified atom stereocenters. The second-order valence-electron chi connectivity index (χ2n) is 4.46. The standard InChI is InChI=1S/C13H18N2O3.ClH/c1-9-8-15(7-6-14-9)13(17)10-4-3-5-11(18-2)12(10)16;/h3-5,9,14,16H,6-8H2,1-2H3;1H/t9-;/m0./s1. The smallest absolute Gasteiger partial charge is 0.257 e. The van der Waals surface area contributed by atoms with Gasteiger partial charge in [0.05, 0.1) is 12.7 Å². The first-order valence-corrected chi connectivity index (χ1v) is 6.02. The Labute approximate surface area is 119 Å². The molecule has 1 aliphatic heterocycles. The Hall–Kier alpha value is -1.46. The average molecular weight is 287 g/mol. The number of ether oxygens (including phenoxy) is 1. The van der Waals surface area contributed by atoms with Crippen LogP contribution in [0.15, 0.2) is 18.2 Å². The number of halogens is 1. The molecule has 1 fully saturated rings. The van der Waals surface area contributed by atoms with Gasteiger partial charge < -0.3 is 20.1 Å². The maximum absolute atomic E-state index is 12.3. The largest absolute Gasteiger partial charge is 0.504 e. The van der Waals surface area contributed by atoms with Gasteiger partial charge >= 0.3 is 0 Å². The van der Waals surface area contributed by atoms with Gasteiger partial charge in [-0.05, 0) is 19.1 Å². The van der Waals surface area contributed by atoms with E-state index in [9.17, 15) is 9.90 Å². The number of phenols is 1. The van der Waals surface area contributed by atoms with Crippen LogP contribution in [0.3, 0.4) is 0 Å². The van der Waals surface area contributed by atoms with Crippen LogP contribution in [0.1, 0.15) is 17.3 Å². The summed E-state index contributed by atoms with van der Waals surface area (Å²) in [5, 5.41) is 13.2. The van der Waals surface area contributed by atoms with Gasteiger partial charge in [-0.3, -0.25) is 4.79 Å². The maximum Gasteiger partial charge on any atom is 0.257 e. The molecule has 0 aromatic heterocycles. The molecule has 0 radical (unpaired) electrons. The van der Waals surface area contributed by atoms with E-state index in [2.05, 4.69) is 5.32 Å². The summed E-state index contributed by atoms with van der Waals surface area (Å²) in [6.07, 6.45) is 0. The SMILES string of the molecule is COc1cccc(C(=O)N2CCN[C@@H](C)C2)c1O.Cl. The number of rotatable bonds is 2. The highest BCUT2D eigenvalue weighted by Gasteiger charge is 2.24. The van der Waals surface area contributed by atoms with E-state index in [0.29, 0.717) is 24.4 Å². The first kappa shape index (κ1) is 15.6. The quantitative estimate of drug-likeness (QED) is 0.859. The van der Waals surface area contributed by atoms with Crippen LogP contribution < -0.4 is 10.1 Å². The van der Waals surface area contributed by atoms with Crippen molar-refractivity contribution in [3.63, 3.8) is 0 Å². The molecule has 0 aliphatic carbocycles. The summed E-state index contributed by atoms with van der Waals surface area (Å²) in [6, 6.07) is 5.23. The Morgan fingerprint density at radius 2 is 2.26 bits per heavy atom. The van der Waals surface area contributed by atoms with E-state index < -0.39 is 0 Å². The van der Waals surface area contributed by atoms with Gasteiger partial charge in [-0.15, -0.1) is 12.4 Å². The van der Waals surface area contributed by atoms with E-state index in [1.165, 1.54) is 7.11 Å². The molecule has 106 valence electrons. The minimum absolute atomic E-state index is 0. The second kappa shape index (κ2) is 6.63. The van der Waals surface area contributed by atoms with Crippen LogP contribution in [0.5, 0.6) is 11.5 Å². The van der Waals surface area contributed by atoms with Crippen LogP contribution >= 0.6 is 12.4 Å². The summed E-state index contributed by atoms with van der Waals surface area (Å²) < 4.78 is 5.01. The van der Waals surface area contributed by atoms with E-state index in [-0.39, 0.29) is 30.1 Å². The van der Waals surface area contributed by atoms with Crippen molar-refractivity contribution in [2.45, 2.75) is 13.0 Å². The third kappa shape index (κ3) is 3.30. The van der Waals surface area contributed by atoms with Crippen LogP contribution in [0.2, 0.25) is 0 Å². The lowest BCUT2D eigenvalue weighted by Gasteiger charge is -2.32. The molecule has 1 amide bonds. The van der Waals surface area contributed by atoms with E-state index in [4.69, 9.17) is 4.74 Å². The first-order chi connectivity index (χ1) is 8.63. The van der Waals surface area contributed by atoms with Gasteiger partial charge in [0, 0.05) is 25.7 Å². The van der Waals surface area contributed by atoms with Crippen molar-refractivity contribution < 1.29 is 14.6 Å². The molecule has 0 bridgehead atoms. The summed E-state index contributed by atoms with van der Waals surface area (Å²) in [5.74, 6) is 0.0833. The number of carbonyl (C=O) groups is 1. The Kier molecular flexibility index (Phi) is 5.44. The average Bonchev–Trinajstić information content (AvgIpc) is 2.38. The Morgan fingerprint density at radius 3 is 2.89 bits per heavy atom. The molecule has 1 aromatic carbocycles. The highest BCUT2D eigenvalue weighted by atomic mass is 35.5. The fourth-order valence-corrected chi connectivity index (χ4v) is 2.15. The lowest BCUT2D eigenvalue weighted by Crippen LogP contribution is -2.51. The molecule has 19 heavy (non-hydrogen) atoms. The summed E-state index contributed by atoms with van der Waals surface area (Å²) in [5.41, 5.74) is 0.295. The minimum Gasteiger partial charge on any atom is -0.504 e. The van der Waals surface area contributed by atoms with Gasteiger partial charge in [-0.1, -0.05) is 6.07 Å². The van der Waals surface area contributed by atoms with Crippen molar-refractivity contribution in [2.75, 3.05) is 26.7 Å². The number of carbonyl (C=O) groups excluding carboxylic acids is 1. The van der Waals surface area contributed by atoms with E-state index in [1.54, 1.807) is 23.1 Å². The Balaban J connectivity index is 0.00000180. The summed E-state index contributed by atoms with van der Waals surface area (Å²) in [4.78, 5) is 14.1. The van der Waals surface area contributed by atoms with Crippen molar-refractivity contribution >= 4 is 18.3 Å². The Bertz CT molecular complexity index is 454. The zero-order chi connectivity index (χ0) is 13.1. The zero-order valence-corrected chi connectivity index (χ0v) is 11.9. The van der Waals surface area contributed by atoms with Gasteiger partial charge in [-0.25, -0.2) is 0 Å². The number of hydrogen-bond acceptors (Lipinski definition) is 4. The predicted molar refractivity (Wildman–Crippen MR) is 75.3 cm³/mol. The van der Waals surface area contributed by atoms with Gasteiger partial charge in [0.1, 0.15) is 0 Å². The molecule has 1 aromatic rings. The summed E-state index contributed by atoms with van der Waals surface area (Å²) in [7, 11) is 1.47. The predicted octanol–water partition coefficient (Wildman–Crippen LogP) is 1.26. The minimum atomic E-state index is -0.153. The number of nitrogens with one attached hydrogen (secondary N) is 1. The number of phenolic OH excluding ortho intramolecular Hbond substituents is 1. The molecule has 0 saturated carbocycles. The monoisotopic (exact) mass is 286 g/mol. The third-order valence-electron chi connectivity index (χ3n) is 3.11. The molecule has 1 saturated heterocycles. The van der Waals surface area contributed by atoms with Crippen molar-refractivity contribution in [2.24, 2.45) is 0 Å². The molecule has 2 N–H and O–H groups in total. The molecular weight excluding hydrogens is 268 g/mol. The van der Waals surface area contributed by atoms with Crippen molar-refractivity contribution in [1.82, 2.24) is 10.2 Å². The van der Waals surface area contributed by atoms with Crippen molar-refractivity contribution in [3.8, 4) is 11.5 Å². The van der Waals surface area contributed by atoms with Crippen LogP contribution in [0.4, 0.5) is 0 Å². The normalized spacial score (nSPS) is 18.6. The number of methoxy groups -OCH3 is 1. The second-order valence-corrected chi connectivity index (χ2v) is 4.46. The number of aromatic hydroxyl groups is 1. The number of amides is 1. The van der Waals surface area contributed by atoms with E-state index in [0.717, 1.165) is 6.54 Å². The van der Waals surface area contributed by atoms with Crippen LogP contribution in [0.25, 0.3) is 0 Å². The van der Waals surface area contributed by atoms with Gasteiger partial charge in [0.15, 0.2) is 11.5 Å². The van der Waals surface area contributed by atoms with E-state index in [1.807, 2.05) is 6.92 Å². The number of benzene rings is 1. The first-order valence-electron chi connectivity index (χ1n) is 6.02. The fraction of sp³-hybridized carbons (Fsp3) is 0.462. The molecule has 1 atom stereocenters. The lowest BCUT2D eigenvalue weighted by atomic mass is 10.1. The molecule has 2 rings (SSSR count).